The van der Waals surface area contributed by atoms with Crippen LogP contribution in [0.1, 0.15) is 24.8 Å². The molecule has 0 bridgehead atoms. The summed E-state index contributed by atoms with van der Waals surface area (Å²) in [5.74, 6) is 1.85. The molecule has 0 amide bonds. The summed E-state index contributed by atoms with van der Waals surface area (Å²) in [4.78, 5) is 6.69. The van der Waals surface area contributed by atoms with Crippen molar-refractivity contribution < 1.29 is 14.2 Å². The van der Waals surface area contributed by atoms with Gasteiger partial charge in [-0.05, 0) is 43.9 Å². The van der Waals surface area contributed by atoms with Gasteiger partial charge in [-0.15, -0.1) is 24.0 Å². The summed E-state index contributed by atoms with van der Waals surface area (Å²) in [5.41, 5.74) is 1.21. The zero-order valence-electron chi connectivity index (χ0n) is 16.8. The van der Waals surface area contributed by atoms with Crippen LogP contribution in [0.3, 0.4) is 0 Å². The van der Waals surface area contributed by atoms with Crippen LogP contribution in [0.15, 0.2) is 29.3 Å². The molecule has 2 rings (SSSR count). The lowest BCUT2D eigenvalue weighted by Crippen LogP contribution is -2.47. The van der Waals surface area contributed by atoms with Gasteiger partial charge in [0.25, 0.3) is 0 Å². The Hall–Kier alpha value is -1.06. The molecular formula is C20H34IN3O3. The molecule has 0 atom stereocenters. The number of ether oxygens (including phenoxy) is 3. The number of rotatable bonds is 9. The number of piperidine rings is 1. The summed E-state index contributed by atoms with van der Waals surface area (Å²) < 4.78 is 16.8. The molecular weight excluding hydrogens is 457 g/mol. The van der Waals surface area contributed by atoms with E-state index < -0.39 is 0 Å². The first-order valence-corrected chi connectivity index (χ1v) is 9.48. The van der Waals surface area contributed by atoms with E-state index in [0.717, 1.165) is 63.8 Å². The quantitative estimate of drug-likeness (QED) is 0.249. The van der Waals surface area contributed by atoms with Crippen LogP contribution in [0.5, 0.6) is 5.75 Å². The number of nitrogens with zero attached hydrogens (tertiary/aromatic N) is 2. The van der Waals surface area contributed by atoms with Gasteiger partial charge in [0.15, 0.2) is 5.96 Å². The number of guanidine groups is 1. The van der Waals surface area contributed by atoms with Crippen molar-refractivity contribution >= 4 is 29.9 Å². The highest BCUT2D eigenvalue weighted by Crippen LogP contribution is 2.14. The van der Waals surface area contributed by atoms with Crippen LogP contribution in [-0.2, 0) is 9.47 Å². The van der Waals surface area contributed by atoms with E-state index >= 15 is 0 Å². The summed E-state index contributed by atoms with van der Waals surface area (Å²) in [6.07, 6.45) is 3.38. The molecule has 0 aliphatic carbocycles. The molecule has 0 aromatic heterocycles. The highest BCUT2D eigenvalue weighted by Gasteiger charge is 2.21. The van der Waals surface area contributed by atoms with Gasteiger partial charge >= 0.3 is 0 Å². The number of hydrogen-bond acceptors (Lipinski definition) is 4. The van der Waals surface area contributed by atoms with E-state index in [0.29, 0.717) is 12.7 Å². The smallest absolute Gasteiger partial charge is 0.193 e. The first-order chi connectivity index (χ1) is 12.7. The third kappa shape index (κ3) is 9.12. The number of aliphatic imine (C=N–C) groups is 1. The van der Waals surface area contributed by atoms with Crippen LogP contribution in [0.4, 0.5) is 0 Å². The molecule has 0 unspecified atom stereocenters. The van der Waals surface area contributed by atoms with E-state index in [2.05, 4.69) is 28.2 Å². The highest BCUT2D eigenvalue weighted by molar-refractivity contribution is 14.0. The zero-order valence-corrected chi connectivity index (χ0v) is 19.1. The second-order valence-corrected chi connectivity index (χ2v) is 6.54. The Labute approximate surface area is 180 Å². The van der Waals surface area contributed by atoms with Gasteiger partial charge in [-0.25, -0.2) is 0 Å². The molecule has 27 heavy (non-hydrogen) atoms. The number of benzene rings is 1. The molecule has 154 valence electrons. The van der Waals surface area contributed by atoms with Crippen molar-refractivity contribution in [2.75, 3.05) is 53.6 Å². The third-order valence-electron chi connectivity index (χ3n) is 4.44. The van der Waals surface area contributed by atoms with Crippen molar-refractivity contribution in [1.29, 1.82) is 0 Å². The van der Waals surface area contributed by atoms with Crippen LogP contribution < -0.4 is 10.1 Å². The van der Waals surface area contributed by atoms with Gasteiger partial charge in [-0.3, -0.25) is 4.99 Å². The SMILES string of the molecule is CN=C(NCCOc1cccc(C)c1)N1CCC(OCCCOC)CC1.I. The Morgan fingerprint density at radius 2 is 2.00 bits per heavy atom. The van der Waals surface area contributed by atoms with Crippen molar-refractivity contribution in [3.05, 3.63) is 29.8 Å². The average molecular weight is 491 g/mol. The van der Waals surface area contributed by atoms with Gasteiger partial charge in [0.1, 0.15) is 12.4 Å². The van der Waals surface area contributed by atoms with Gasteiger partial charge in [0.05, 0.1) is 12.6 Å². The van der Waals surface area contributed by atoms with E-state index in [1.807, 2.05) is 25.2 Å². The molecule has 7 heteroatoms. The zero-order chi connectivity index (χ0) is 18.6. The van der Waals surface area contributed by atoms with Crippen molar-refractivity contribution in [1.82, 2.24) is 10.2 Å². The standard InChI is InChI=1S/C20H33N3O3.HI/c1-17-6-4-7-19(16-17)26-15-10-22-20(21-2)23-11-8-18(9-12-23)25-14-5-13-24-3;/h4,6-7,16,18H,5,8-15H2,1-3H3,(H,21,22);1H. The fraction of sp³-hybridized carbons (Fsp3) is 0.650. The van der Waals surface area contributed by atoms with E-state index in [-0.39, 0.29) is 24.0 Å². The fourth-order valence-electron chi connectivity index (χ4n) is 3.06. The Bertz CT molecular complexity index is 549. The Kier molecular flexibility index (Phi) is 12.4. The summed E-state index contributed by atoms with van der Waals surface area (Å²) in [6, 6.07) is 8.11. The van der Waals surface area contributed by atoms with Gasteiger partial charge in [-0.2, -0.15) is 0 Å². The first kappa shape index (κ1) is 24.0. The van der Waals surface area contributed by atoms with Gasteiger partial charge < -0.3 is 24.4 Å². The van der Waals surface area contributed by atoms with Crippen molar-refractivity contribution in [3.8, 4) is 5.75 Å². The predicted octanol–water partition coefficient (Wildman–Crippen LogP) is 3.08. The largest absolute Gasteiger partial charge is 0.492 e. The van der Waals surface area contributed by atoms with Crippen LogP contribution in [0, 0.1) is 6.92 Å². The van der Waals surface area contributed by atoms with E-state index in [4.69, 9.17) is 14.2 Å². The lowest BCUT2D eigenvalue weighted by Gasteiger charge is -2.34. The Morgan fingerprint density at radius 3 is 2.67 bits per heavy atom. The number of aryl methyl sites for hydroxylation is 1. The second kappa shape index (κ2) is 14.0. The molecule has 0 saturated carbocycles. The minimum Gasteiger partial charge on any atom is -0.492 e. The summed E-state index contributed by atoms with van der Waals surface area (Å²) in [5, 5.41) is 3.39. The molecule has 0 radical (unpaired) electrons. The number of hydrogen-bond donors (Lipinski definition) is 1. The molecule has 1 aliphatic heterocycles. The second-order valence-electron chi connectivity index (χ2n) is 6.54. The third-order valence-corrected chi connectivity index (χ3v) is 4.44. The van der Waals surface area contributed by atoms with Crippen molar-refractivity contribution in [3.63, 3.8) is 0 Å². The molecule has 1 saturated heterocycles. The number of nitrogens with one attached hydrogen (secondary N) is 1. The molecule has 1 aromatic carbocycles. The monoisotopic (exact) mass is 491 g/mol. The van der Waals surface area contributed by atoms with E-state index in [9.17, 15) is 0 Å². The van der Waals surface area contributed by atoms with Crippen LogP contribution >= 0.6 is 24.0 Å². The highest BCUT2D eigenvalue weighted by atomic mass is 127. The molecule has 0 spiro atoms. The maximum absolute atomic E-state index is 5.92. The summed E-state index contributed by atoms with van der Waals surface area (Å²) in [6.45, 7) is 6.88. The lowest BCUT2D eigenvalue weighted by molar-refractivity contribution is 0.00989. The predicted molar refractivity (Wildman–Crippen MR) is 120 cm³/mol. The normalized spacial score (nSPS) is 15.4. The van der Waals surface area contributed by atoms with Crippen LogP contribution in [-0.4, -0.2) is 70.6 Å². The lowest BCUT2D eigenvalue weighted by atomic mass is 10.1. The number of likely N-dealkylation sites (tertiary alicyclic amines) is 1. The van der Waals surface area contributed by atoms with Gasteiger partial charge in [0, 0.05) is 40.5 Å². The maximum atomic E-state index is 5.92. The van der Waals surface area contributed by atoms with Crippen LogP contribution in [0.25, 0.3) is 0 Å². The Morgan fingerprint density at radius 1 is 1.22 bits per heavy atom. The van der Waals surface area contributed by atoms with Gasteiger partial charge in [-0.1, -0.05) is 12.1 Å². The van der Waals surface area contributed by atoms with E-state index in [1.165, 1.54) is 5.56 Å². The van der Waals surface area contributed by atoms with Gasteiger partial charge in [0.2, 0.25) is 0 Å². The Balaban J connectivity index is 0.00000364. The minimum absolute atomic E-state index is 0. The first-order valence-electron chi connectivity index (χ1n) is 9.48. The minimum atomic E-state index is 0. The molecule has 1 fully saturated rings. The van der Waals surface area contributed by atoms with E-state index in [1.54, 1.807) is 7.11 Å². The molecule has 1 heterocycles. The molecule has 1 N–H and O–H groups in total. The van der Waals surface area contributed by atoms with Crippen molar-refractivity contribution in [2.45, 2.75) is 32.3 Å². The molecule has 1 aromatic rings. The molecule has 1 aliphatic rings. The number of methoxy groups -OCH3 is 1. The van der Waals surface area contributed by atoms with Crippen molar-refractivity contribution in [2.24, 2.45) is 4.99 Å². The summed E-state index contributed by atoms with van der Waals surface area (Å²) in [7, 11) is 3.56. The topological polar surface area (TPSA) is 55.3 Å². The van der Waals surface area contributed by atoms with Crippen LogP contribution in [0.2, 0.25) is 0 Å². The fourth-order valence-corrected chi connectivity index (χ4v) is 3.06. The number of halogens is 1. The average Bonchev–Trinajstić information content (AvgIpc) is 2.66. The summed E-state index contributed by atoms with van der Waals surface area (Å²) >= 11 is 0. The maximum Gasteiger partial charge on any atom is 0.193 e. The molecule has 6 nitrogen and oxygen atoms in total.